The second-order valence-corrected chi connectivity index (χ2v) is 27.1. The maximum absolute atomic E-state index is 7.35. The summed E-state index contributed by atoms with van der Waals surface area (Å²) < 4.78 is 9.70. The average molecular weight is 1050 g/mol. The van der Waals surface area contributed by atoms with Gasteiger partial charge in [0.25, 0.3) is 0 Å². The molecule has 79 heavy (non-hydrogen) atoms. The van der Waals surface area contributed by atoms with Crippen LogP contribution in [-0.4, -0.2) is 16.2 Å². The van der Waals surface area contributed by atoms with Gasteiger partial charge in [-0.05, 0) is 139 Å². The monoisotopic (exact) mass is 1040 g/mol. The summed E-state index contributed by atoms with van der Waals surface area (Å²) in [6, 6.07) is 60.8. The van der Waals surface area contributed by atoms with Crippen molar-refractivity contribution in [1.29, 1.82) is 0 Å². The van der Waals surface area contributed by atoms with Crippen LogP contribution in [0.25, 0.3) is 38.8 Å². The van der Waals surface area contributed by atoms with Crippen LogP contribution in [0.15, 0.2) is 182 Å². The highest BCUT2D eigenvalue weighted by molar-refractivity contribution is 6.10. The Balaban J connectivity index is 1.15. The number of benzene rings is 7. The Labute approximate surface area is 473 Å². The Hall–Kier alpha value is -7.37. The van der Waals surface area contributed by atoms with Crippen molar-refractivity contribution < 1.29 is 4.74 Å². The van der Waals surface area contributed by atoms with Gasteiger partial charge >= 0.3 is 0 Å². The first-order valence-corrected chi connectivity index (χ1v) is 28.8. The van der Waals surface area contributed by atoms with Gasteiger partial charge < -0.3 is 14.5 Å². The number of hydrogen-bond donors (Lipinski definition) is 0. The van der Waals surface area contributed by atoms with Gasteiger partial charge in [0.15, 0.2) is 0 Å². The quantitative estimate of drug-likeness (QED) is 0.122. The molecule has 406 valence electrons. The Kier molecular flexibility index (Phi) is 14.2. The van der Waals surface area contributed by atoms with Crippen molar-refractivity contribution in [3.05, 3.63) is 226 Å². The molecule has 5 heteroatoms. The van der Waals surface area contributed by atoms with Crippen LogP contribution in [-0.2, 0) is 21.7 Å². The van der Waals surface area contributed by atoms with E-state index >= 15 is 0 Å². The molecule has 0 bridgehead atoms. The van der Waals surface area contributed by atoms with E-state index in [0.29, 0.717) is 18.5 Å². The minimum atomic E-state index is -0.258. The van der Waals surface area contributed by atoms with E-state index in [9.17, 15) is 0 Å². The van der Waals surface area contributed by atoms with E-state index in [-0.39, 0.29) is 27.1 Å². The van der Waals surface area contributed by atoms with Gasteiger partial charge in [0, 0.05) is 68.6 Å². The molecule has 5 nitrogen and oxygen atoms in total. The zero-order valence-corrected chi connectivity index (χ0v) is 50.3. The first-order chi connectivity index (χ1) is 37.2. The topological polar surface area (TPSA) is 33.5 Å². The molecule has 2 aromatic heterocycles. The van der Waals surface area contributed by atoms with Crippen LogP contribution in [0.1, 0.15) is 174 Å². The molecule has 0 saturated carbocycles. The van der Waals surface area contributed by atoms with Crippen molar-refractivity contribution in [1.82, 2.24) is 9.55 Å². The summed E-state index contributed by atoms with van der Waals surface area (Å²) in [5.41, 5.74) is 17.8. The van der Waals surface area contributed by atoms with Crippen LogP contribution in [0.5, 0.6) is 11.5 Å². The SMILES string of the molecule is CC(C)c1cccc(C(C)C)c1-c1cc(Oc2ccc3c4cc(C(C)(C)c5ccccc5)ccc4n(-c4cc(C(C)(C)c5ccccc5)ccn4)c3c2)cc(N2CN(c3cc(C(C)(C)C)cc(C(C)(C)C)c3)C=C2C(C)(C)C)c1. The molecule has 7 aromatic carbocycles. The van der Waals surface area contributed by atoms with Crippen molar-refractivity contribution in [2.45, 2.75) is 151 Å². The van der Waals surface area contributed by atoms with Crippen LogP contribution >= 0.6 is 0 Å². The molecule has 0 fully saturated rings. The molecule has 0 spiro atoms. The number of aromatic nitrogens is 2. The summed E-state index contributed by atoms with van der Waals surface area (Å²) in [6.45, 7) is 40.1. The maximum atomic E-state index is 7.35. The molecule has 9 aromatic rings. The van der Waals surface area contributed by atoms with Gasteiger partial charge in [-0.3, -0.25) is 4.57 Å². The van der Waals surface area contributed by atoms with Crippen molar-refractivity contribution in [2.75, 3.05) is 16.5 Å². The summed E-state index contributed by atoms with van der Waals surface area (Å²) in [5.74, 6) is 3.04. The molecule has 0 unspecified atom stereocenters. The molecule has 0 amide bonds. The van der Waals surface area contributed by atoms with E-state index in [1.807, 2.05) is 6.20 Å². The highest BCUT2D eigenvalue weighted by Gasteiger charge is 2.34. The third-order valence-electron chi connectivity index (χ3n) is 16.9. The fourth-order valence-corrected chi connectivity index (χ4v) is 11.7. The van der Waals surface area contributed by atoms with Crippen molar-refractivity contribution in [3.8, 4) is 28.4 Å². The normalized spacial score (nSPS) is 13.8. The lowest BCUT2D eigenvalue weighted by atomic mass is 9.78. The number of fused-ring (bicyclic) bond motifs is 3. The molecule has 0 saturated heterocycles. The Morgan fingerprint density at radius 3 is 1.58 bits per heavy atom. The largest absolute Gasteiger partial charge is 0.457 e. The number of ether oxygens (including phenoxy) is 1. The first kappa shape index (κ1) is 55.0. The van der Waals surface area contributed by atoms with E-state index in [1.165, 1.54) is 66.8 Å². The fourth-order valence-electron chi connectivity index (χ4n) is 11.7. The van der Waals surface area contributed by atoms with Gasteiger partial charge in [-0.1, -0.05) is 209 Å². The molecular formula is C74H84N4O. The minimum absolute atomic E-state index is 0.00999. The zero-order chi connectivity index (χ0) is 56.6. The third kappa shape index (κ3) is 10.7. The molecule has 10 rings (SSSR count). The van der Waals surface area contributed by atoms with Crippen molar-refractivity contribution in [3.63, 3.8) is 0 Å². The predicted octanol–water partition coefficient (Wildman–Crippen LogP) is 20.3. The smallest absolute Gasteiger partial charge is 0.137 e. The van der Waals surface area contributed by atoms with Crippen molar-refractivity contribution in [2.24, 2.45) is 5.41 Å². The van der Waals surface area contributed by atoms with Crippen LogP contribution in [0.3, 0.4) is 0 Å². The standard InChI is InChI=1S/C74H84N4O/c1-48(2)61-29-24-30-62(49(3)4)69(61)50-37-58(77-47-76(46-67(77)72(11,12)13)57-40-55(70(5,6)7)39-56(41-57)71(8,9)10)44-60(38-50)79-59-32-33-63-64-42-53(73(14,15)51-25-20-18-21-26-51)31-34-65(64)78(66(63)45-59)68-43-54(35-36-75-68)74(16,17)52-27-22-19-23-28-52/h18-46,48-49H,47H2,1-17H3. The molecule has 0 atom stereocenters. The number of anilines is 2. The summed E-state index contributed by atoms with van der Waals surface area (Å²) in [4.78, 5) is 10.1. The highest BCUT2D eigenvalue weighted by Crippen LogP contribution is 2.47. The summed E-state index contributed by atoms with van der Waals surface area (Å²) in [7, 11) is 0. The lowest BCUT2D eigenvalue weighted by Gasteiger charge is -2.32. The molecule has 0 radical (unpaired) electrons. The third-order valence-corrected chi connectivity index (χ3v) is 16.9. The Morgan fingerprint density at radius 1 is 0.443 bits per heavy atom. The van der Waals surface area contributed by atoms with E-state index in [2.05, 4.69) is 302 Å². The van der Waals surface area contributed by atoms with Gasteiger partial charge in [-0.15, -0.1) is 0 Å². The molecule has 1 aliphatic heterocycles. The van der Waals surface area contributed by atoms with E-state index in [1.54, 1.807) is 0 Å². The molecular weight excluding hydrogens is 961 g/mol. The molecule has 0 aliphatic carbocycles. The summed E-state index contributed by atoms with van der Waals surface area (Å²) in [5, 5.41) is 2.32. The predicted molar refractivity (Wildman–Crippen MR) is 337 cm³/mol. The number of rotatable bonds is 12. The van der Waals surface area contributed by atoms with Gasteiger partial charge in [0.05, 0.1) is 17.7 Å². The lowest BCUT2D eigenvalue weighted by molar-refractivity contribution is 0.481. The van der Waals surface area contributed by atoms with Gasteiger partial charge in [-0.25, -0.2) is 4.98 Å². The second kappa shape index (κ2) is 20.4. The lowest BCUT2D eigenvalue weighted by Crippen LogP contribution is -2.31. The van der Waals surface area contributed by atoms with Crippen LogP contribution in [0.4, 0.5) is 11.4 Å². The fraction of sp³-hybridized carbons (Fsp3) is 0.338. The second-order valence-electron chi connectivity index (χ2n) is 27.1. The number of pyridine rings is 1. The average Bonchev–Trinajstić information content (AvgIpc) is 4.24. The number of allylic oxidation sites excluding steroid dienone is 1. The van der Waals surface area contributed by atoms with Gasteiger partial charge in [0.2, 0.25) is 0 Å². The molecule has 3 heterocycles. The molecule has 1 aliphatic rings. The van der Waals surface area contributed by atoms with Gasteiger partial charge in [0.1, 0.15) is 17.3 Å². The zero-order valence-electron chi connectivity index (χ0n) is 50.3. The highest BCUT2D eigenvalue weighted by atomic mass is 16.5. The first-order valence-electron chi connectivity index (χ1n) is 28.8. The number of nitrogens with zero attached hydrogens (tertiary/aromatic N) is 4. The van der Waals surface area contributed by atoms with Crippen LogP contribution in [0, 0.1) is 5.41 Å². The van der Waals surface area contributed by atoms with E-state index in [0.717, 1.165) is 45.0 Å². The van der Waals surface area contributed by atoms with Gasteiger partial charge in [-0.2, -0.15) is 0 Å². The number of hydrogen-bond acceptors (Lipinski definition) is 4. The van der Waals surface area contributed by atoms with E-state index in [4.69, 9.17) is 9.72 Å². The summed E-state index contributed by atoms with van der Waals surface area (Å²) >= 11 is 0. The van der Waals surface area contributed by atoms with Crippen molar-refractivity contribution >= 4 is 33.2 Å². The Bertz CT molecular complexity index is 3680. The summed E-state index contributed by atoms with van der Waals surface area (Å²) in [6.07, 6.45) is 4.37. The van der Waals surface area contributed by atoms with Crippen LogP contribution in [0.2, 0.25) is 0 Å². The maximum Gasteiger partial charge on any atom is 0.137 e. The van der Waals surface area contributed by atoms with E-state index < -0.39 is 0 Å². The Morgan fingerprint density at radius 2 is 1.03 bits per heavy atom. The molecule has 0 N–H and O–H groups in total. The van der Waals surface area contributed by atoms with Crippen LogP contribution < -0.4 is 14.5 Å². The minimum Gasteiger partial charge on any atom is -0.457 e.